The molecule has 0 spiro atoms. The van der Waals surface area contributed by atoms with Crippen LogP contribution in [0.15, 0.2) is 52.0 Å². The zero-order valence-electron chi connectivity index (χ0n) is 19.6. The fourth-order valence-electron chi connectivity index (χ4n) is 4.89. The molecule has 0 radical (unpaired) electrons. The van der Waals surface area contributed by atoms with E-state index in [4.69, 9.17) is 16.0 Å². The second kappa shape index (κ2) is 9.26. The van der Waals surface area contributed by atoms with Crippen LogP contribution in [0.2, 0.25) is 0 Å². The standard InChI is InChI=1S/C26H32ClN3O3/c1-5-19(12-11-17(2)27)15-30-24(31)22-14-23-21(13-18(3)33-23)29(22)16-26(30,4)25(32)28-20-9-7-6-8-10-20/h5,11-14,20H,1,6-10,15-16H2,2-4H3,(H,28,32)/b17-11+,19-12+. The number of nitrogens with one attached hydrogen (secondary N) is 1. The molecule has 1 aliphatic carbocycles. The van der Waals surface area contributed by atoms with Gasteiger partial charge < -0.3 is 19.2 Å². The Morgan fingerprint density at radius 3 is 2.70 bits per heavy atom. The van der Waals surface area contributed by atoms with E-state index in [0.29, 0.717) is 22.9 Å². The van der Waals surface area contributed by atoms with Crippen molar-refractivity contribution in [2.24, 2.45) is 0 Å². The van der Waals surface area contributed by atoms with Gasteiger partial charge in [0.1, 0.15) is 17.0 Å². The van der Waals surface area contributed by atoms with Crippen LogP contribution < -0.4 is 5.32 Å². The first-order valence-corrected chi connectivity index (χ1v) is 12.0. The smallest absolute Gasteiger partial charge is 0.271 e. The molecule has 2 aromatic rings. The van der Waals surface area contributed by atoms with E-state index in [9.17, 15) is 9.59 Å². The van der Waals surface area contributed by atoms with Crippen LogP contribution in [0, 0.1) is 6.92 Å². The van der Waals surface area contributed by atoms with Crippen molar-refractivity contribution < 1.29 is 14.0 Å². The number of rotatable bonds is 6. The Labute approximate surface area is 199 Å². The lowest BCUT2D eigenvalue weighted by molar-refractivity contribution is -0.133. The molecule has 33 heavy (non-hydrogen) atoms. The summed E-state index contributed by atoms with van der Waals surface area (Å²) in [5.74, 6) is 0.451. The highest BCUT2D eigenvalue weighted by Gasteiger charge is 2.48. The fraction of sp³-hybridized carbons (Fsp3) is 0.462. The van der Waals surface area contributed by atoms with E-state index < -0.39 is 5.54 Å². The third-order valence-corrected chi connectivity index (χ3v) is 6.92. The average Bonchev–Trinajstić information content (AvgIpc) is 3.30. The Morgan fingerprint density at radius 2 is 2.03 bits per heavy atom. The Hall–Kier alpha value is -2.73. The summed E-state index contributed by atoms with van der Waals surface area (Å²) in [6.45, 7) is 10.0. The summed E-state index contributed by atoms with van der Waals surface area (Å²) < 4.78 is 7.70. The molecule has 7 heteroatoms. The van der Waals surface area contributed by atoms with Crippen molar-refractivity contribution in [3.05, 3.63) is 59.0 Å². The van der Waals surface area contributed by atoms with Crippen molar-refractivity contribution in [2.45, 2.75) is 71.0 Å². The highest BCUT2D eigenvalue weighted by Crippen LogP contribution is 2.34. The van der Waals surface area contributed by atoms with E-state index in [1.807, 2.05) is 30.6 Å². The largest absolute Gasteiger partial charge is 0.460 e. The van der Waals surface area contributed by atoms with E-state index >= 15 is 0 Å². The zero-order chi connectivity index (χ0) is 23.8. The second-order valence-corrected chi connectivity index (χ2v) is 9.99. The maximum Gasteiger partial charge on any atom is 0.271 e. The van der Waals surface area contributed by atoms with Gasteiger partial charge in [-0.05, 0) is 45.3 Å². The van der Waals surface area contributed by atoms with Crippen LogP contribution in [-0.4, -0.2) is 39.4 Å². The molecule has 1 N–H and O–H groups in total. The van der Waals surface area contributed by atoms with Gasteiger partial charge in [-0.1, -0.05) is 49.6 Å². The molecule has 0 saturated heterocycles. The fourth-order valence-corrected chi connectivity index (χ4v) is 4.95. The quantitative estimate of drug-likeness (QED) is 0.571. The summed E-state index contributed by atoms with van der Waals surface area (Å²) >= 11 is 6.00. The van der Waals surface area contributed by atoms with Gasteiger partial charge in [0.15, 0.2) is 5.58 Å². The predicted molar refractivity (Wildman–Crippen MR) is 131 cm³/mol. The number of amides is 2. The van der Waals surface area contributed by atoms with Crippen molar-refractivity contribution >= 4 is 34.5 Å². The van der Waals surface area contributed by atoms with Gasteiger partial charge in [-0.3, -0.25) is 9.59 Å². The number of carbonyl (C=O) groups is 2. The van der Waals surface area contributed by atoms with Gasteiger partial charge in [0, 0.05) is 29.8 Å². The van der Waals surface area contributed by atoms with Crippen LogP contribution in [-0.2, 0) is 11.3 Å². The molecule has 6 nitrogen and oxygen atoms in total. The second-order valence-electron chi connectivity index (χ2n) is 9.39. The van der Waals surface area contributed by atoms with Crippen molar-refractivity contribution in [1.29, 1.82) is 0 Å². The number of nitrogens with zero attached hydrogens (tertiary/aromatic N) is 2. The van der Waals surface area contributed by atoms with Crippen molar-refractivity contribution in [2.75, 3.05) is 6.54 Å². The van der Waals surface area contributed by atoms with E-state index in [2.05, 4.69) is 11.9 Å². The topological polar surface area (TPSA) is 67.5 Å². The van der Waals surface area contributed by atoms with Crippen LogP contribution in [0.5, 0.6) is 0 Å². The number of allylic oxidation sites excluding steroid dienone is 3. The lowest BCUT2D eigenvalue weighted by atomic mass is 9.91. The van der Waals surface area contributed by atoms with Gasteiger partial charge in [0.2, 0.25) is 5.91 Å². The van der Waals surface area contributed by atoms with Crippen molar-refractivity contribution in [3.8, 4) is 0 Å². The molecular weight excluding hydrogens is 438 g/mol. The number of furan rings is 1. The first-order chi connectivity index (χ1) is 15.7. The summed E-state index contributed by atoms with van der Waals surface area (Å²) in [6, 6.07) is 3.85. The molecule has 1 aliphatic heterocycles. The predicted octanol–water partition coefficient (Wildman–Crippen LogP) is 5.46. The summed E-state index contributed by atoms with van der Waals surface area (Å²) in [4.78, 5) is 29.1. The minimum absolute atomic E-state index is 0.122. The molecule has 2 aliphatic rings. The first kappa shape index (κ1) is 23.4. The zero-order valence-corrected chi connectivity index (χ0v) is 20.4. The number of carbonyl (C=O) groups excluding carboxylic acids is 2. The Kier molecular flexibility index (Phi) is 6.57. The molecule has 1 unspecified atom stereocenters. The van der Waals surface area contributed by atoms with Crippen LogP contribution >= 0.6 is 11.6 Å². The van der Waals surface area contributed by atoms with Crippen LogP contribution in [0.1, 0.15) is 62.2 Å². The van der Waals surface area contributed by atoms with Gasteiger partial charge in [-0.2, -0.15) is 0 Å². The number of halogens is 1. The third kappa shape index (κ3) is 4.54. The number of aromatic nitrogens is 1. The normalized spacial score (nSPS) is 22.5. The average molecular weight is 470 g/mol. The van der Waals surface area contributed by atoms with Crippen LogP contribution in [0.3, 0.4) is 0 Å². The lowest BCUT2D eigenvalue weighted by Gasteiger charge is -2.45. The molecule has 3 heterocycles. The number of hydrogen-bond acceptors (Lipinski definition) is 3. The van der Waals surface area contributed by atoms with Crippen molar-refractivity contribution in [1.82, 2.24) is 14.8 Å². The Bertz CT molecular complexity index is 1150. The van der Waals surface area contributed by atoms with Gasteiger partial charge in [0.25, 0.3) is 5.91 Å². The van der Waals surface area contributed by atoms with Crippen LogP contribution in [0.25, 0.3) is 11.1 Å². The molecule has 0 bridgehead atoms. The summed E-state index contributed by atoms with van der Waals surface area (Å²) in [5, 5.41) is 3.88. The Balaban J connectivity index is 1.74. The summed E-state index contributed by atoms with van der Waals surface area (Å²) in [6.07, 6.45) is 10.7. The minimum Gasteiger partial charge on any atom is -0.460 e. The van der Waals surface area contributed by atoms with E-state index in [-0.39, 0.29) is 24.4 Å². The molecule has 0 aromatic carbocycles. The number of fused-ring (bicyclic) bond motifs is 3. The number of aryl methyl sites for hydroxylation is 1. The van der Waals surface area contributed by atoms with Gasteiger partial charge >= 0.3 is 0 Å². The highest BCUT2D eigenvalue weighted by atomic mass is 35.5. The highest BCUT2D eigenvalue weighted by molar-refractivity contribution is 6.29. The van der Waals surface area contributed by atoms with Gasteiger partial charge in [-0.25, -0.2) is 0 Å². The van der Waals surface area contributed by atoms with Gasteiger partial charge in [0.05, 0.1) is 12.1 Å². The minimum atomic E-state index is -1.07. The molecule has 176 valence electrons. The Morgan fingerprint density at radius 1 is 1.30 bits per heavy atom. The first-order valence-electron chi connectivity index (χ1n) is 11.6. The summed E-state index contributed by atoms with van der Waals surface area (Å²) in [5.41, 5.74) is 1.76. The van der Waals surface area contributed by atoms with Gasteiger partial charge in [-0.15, -0.1) is 0 Å². The van der Waals surface area contributed by atoms with E-state index in [1.54, 1.807) is 30.0 Å². The lowest BCUT2D eigenvalue weighted by Crippen LogP contribution is -2.65. The van der Waals surface area contributed by atoms with Crippen LogP contribution in [0.4, 0.5) is 0 Å². The monoisotopic (exact) mass is 469 g/mol. The number of hydrogen-bond donors (Lipinski definition) is 1. The molecule has 1 atom stereocenters. The van der Waals surface area contributed by atoms with E-state index in [0.717, 1.165) is 42.5 Å². The molecular formula is C26H32ClN3O3. The molecule has 4 rings (SSSR count). The molecule has 2 aromatic heterocycles. The molecule has 1 saturated carbocycles. The van der Waals surface area contributed by atoms with Crippen molar-refractivity contribution in [3.63, 3.8) is 0 Å². The third-order valence-electron chi connectivity index (χ3n) is 6.80. The SMILES string of the molecule is C=C/C(=C\C=C(/C)Cl)CN1C(=O)c2cc3oc(C)cc3n2CC1(C)C(=O)NC1CCCCC1. The molecule has 1 fully saturated rings. The maximum atomic E-state index is 13.8. The summed E-state index contributed by atoms with van der Waals surface area (Å²) in [7, 11) is 0. The maximum absolute atomic E-state index is 13.8. The van der Waals surface area contributed by atoms with E-state index in [1.165, 1.54) is 6.42 Å². The molecule has 2 amide bonds.